The number of fused-ring (bicyclic) bond motifs is 5. The fraction of sp³-hybridized carbons (Fsp3) is 0.261. The van der Waals surface area contributed by atoms with Crippen LogP contribution in [0.2, 0.25) is 0 Å². The average molecular weight is 392 g/mol. The summed E-state index contributed by atoms with van der Waals surface area (Å²) >= 11 is 0. The Balaban J connectivity index is 1.96. The molecular weight excluding hydrogens is 372 g/mol. The van der Waals surface area contributed by atoms with Crippen LogP contribution >= 0.6 is 0 Å². The quantitative estimate of drug-likeness (QED) is 0.380. The molecule has 0 amide bonds. The van der Waals surface area contributed by atoms with Gasteiger partial charge in [-0.2, -0.15) is 0 Å². The van der Waals surface area contributed by atoms with Crippen LogP contribution in [0.3, 0.4) is 0 Å². The molecule has 2 heterocycles. The van der Waals surface area contributed by atoms with Crippen LogP contribution in [0.15, 0.2) is 51.7 Å². The molecule has 5 rings (SSSR count). The van der Waals surface area contributed by atoms with Crippen molar-refractivity contribution in [2.45, 2.75) is 31.7 Å². The van der Waals surface area contributed by atoms with E-state index < -0.39 is 17.8 Å². The topological polar surface area (TPSA) is 89.1 Å². The highest BCUT2D eigenvalue weighted by Gasteiger charge is 2.44. The van der Waals surface area contributed by atoms with Gasteiger partial charge in [0.2, 0.25) is 5.43 Å². The second-order valence-corrected chi connectivity index (χ2v) is 7.88. The van der Waals surface area contributed by atoms with Gasteiger partial charge < -0.3 is 24.1 Å². The van der Waals surface area contributed by atoms with Crippen molar-refractivity contribution in [3.05, 3.63) is 58.3 Å². The number of aliphatic hydroxyl groups is 2. The third kappa shape index (κ3) is 2.39. The minimum Gasteiger partial charge on any atom is -0.495 e. The fourth-order valence-electron chi connectivity index (χ4n) is 4.20. The SMILES string of the molecule is COc1c2c(cc3oc4ccc5ccccc5c4c(=O)c13)OC(C)(C)[C@@H](O)[C@H]2O. The first-order valence-electron chi connectivity index (χ1n) is 9.38. The second-order valence-electron chi connectivity index (χ2n) is 7.88. The minimum absolute atomic E-state index is 0.156. The highest BCUT2D eigenvalue weighted by Crippen LogP contribution is 2.47. The van der Waals surface area contributed by atoms with E-state index >= 15 is 0 Å². The van der Waals surface area contributed by atoms with Crippen LogP contribution in [0.25, 0.3) is 32.7 Å². The van der Waals surface area contributed by atoms with Crippen LogP contribution < -0.4 is 14.9 Å². The smallest absolute Gasteiger partial charge is 0.204 e. The Bertz CT molecular complexity index is 1350. The Labute approximate surface area is 165 Å². The first-order valence-corrected chi connectivity index (χ1v) is 9.38. The van der Waals surface area contributed by atoms with Gasteiger partial charge in [0.15, 0.2) is 0 Å². The first kappa shape index (κ1) is 18.0. The molecule has 148 valence electrons. The van der Waals surface area contributed by atoms with Gasteiger partial charge in [0, 0.05) is 6.07 Å². The number of hydrogen-bond donors (Lipinski definition) is 2. The van der Waals surface area contributed by atoms with Gasteiger partial charge in [-0.05, 0) is 30.7 Å². The molecule has 0 aliphatic carbocycles. The van der Waals surface area contributed by atoms with Crippen molar-refractivity contribution in [1.82, 2.24) is 0 Å². The zero-order valence-electron chi connectivity index (χ0n) is 16.2. The molecule has 1 aliphatic heterocycles. The molecule has 0 saturated heterocycles. The molecule has 3 aromatic carbocycles. The summed E-state index contributed by atoms with van der Waals surface area (Å²) in [4.78, 5) is 13.6. The van der Waals surface area contributed by atoms with Crippen molar-refractivity contribution in [2.75, 3.05) is 7.11 Å². The lowest BCUT2D eigenvalue weighted by molar-refractivity contribution is -0.112. The molecule has 0 radical (unpaired) electrons. The molecule has 1 aromatic heterocycles. The van der Waals surface area contributed by atoms with Crippen molar-refractivity contribution < 1.29 is 24.1 Å². The highest BCUT2D eigenvalue weighted by atomic mass is 16.5. The molecule has 0 saturated carbocycles. The third-order valence-corrected chi connectivity index (χ3v) is 5.69. The standard InChI is InChI=1S/C23H20O6/c1-23(2)22(26)20(25)18-15(29-23)10-14-17(21(18)27-3)19(24)16-12-7-5-4-6-11(12)8-9-13(16)28-14/h4-10,20,22,25-26H,1-3H3/t20-,22-/m0/s1. The van der Waals surface area contributed by atoms with Crippen LogP contribution in [0.5, 0.6) is 11.5 Å². The van der Waals surface area contributed by atoms with E-state index in [0.29, 0.717) is 22.3 Å². The van der Waals surface area contributed by atoms with Gasteiger partial charge in [-0.1, -0.05) is 30.3 Å². The fourth-order valence-corrected chi connectivity index (χ4v) is 4.20. The van der Waals surface area contributed by atoms with E-state index in [2.05, 4.69) is 0 Å². The summed E-state index contributed by atoms with van der Waals surface area (Å²) in [7, 11) is 1.42. The maximum atomic E-state index is 13.6. The second kappa shape index (κ2) is 5.95. The molecule has 2 atom stereocenters. The van der Waals surface area contributed by atoms with E-state index in [0.717, 1.165) is 10.8 Å². The maximum absolute atomic E-state index is 13.6. The van der Waals surface area contributed by atoms with E-state index in [1.165, 1.54) is 7.11 Å². The summed E-state index contributed by atoms with van der Waals surface area (Å²) in [6.07, 6.45) is -2.45. The summed E-state index contributed by atoms with van der Waals surface area (Å²) in [6, 6.07) is 12.8. The average Bonchev–Trinajstić information content (AvgIpc) is 2.70. The monoisotopic (exact) mass is 392 g/mol. The number of hydrogen-bond acceptors (Lipinski definition) is 6. The van der Waals surface area contributed by atoms with Crippen LogP contribution in [-0.4, -0.2) is 29.0 Å². The Morgan fingerprint density at radius 3 is 2.55 bits per heavy atom. The summed E-state index contributed by atoms with van der Waals surface area (Å²) in [5.41, 5.74) is -0.270. The van der Waals surface area contributed by atoms with E-state index in [1.54, 1.807) is 26.0 Å². The van der Waals surface area contributed by atoms with Gasteiger partial charge in [0.05, 0.1) is 18.1 Å². The number of rotatable bonds is 1. The zero-order chi connectivity index (χ0) is 20.5. The Morgan fingerprint density at radius 2 is 1.79 bits per heavy atom. The lowest BCUT2D eigenvalue weighted by Crippen LogP contribution is -2.48. The van der Waals surface area contributed by atoms with Crippen LogP contribution in [0.1, 0.15) is 25.5 Å². The van der Waals surface area contributed by atoms with Gasteiger partial charge in [-0.25, -0.2) is 0 Å². The van der Waals surface area contributed by atoms with E-state index in [9.17, 15) is 15.0 Å². The summed E-state index contributed by atoms with van der Waals surface area (Å²) in [5.74, 6) is 0.476. The van der Waals surface area contributed by atoms with Crippen LogP contribution in [0.4, 0.5) is 0 Å². The summed E-state index contributed by atoms with van der Waals surface area (Å²) in [6.45, 7) is 3.37. The molecule has 0 spiro atoms. The number of benzene rings is 3. The maximum Gasteiger partial charge on any atom is 0.204 e. The van der Waals surface area contributed by atoms with Crippen molar-refractivity contribution in [3.63, 3.8) is 0 Å². The zero-order valence-corrected chi connectivity index (χ0v) is 16.2. The van der Waals surface area contributed by atoms with Crippen molar-refractivity contribution >= 4 is 32.7 Å². The number of aliphatic hydroxyl groups excluding tert-OH is 2. The Kier molecular flexibility index (Phi) is 3.69. The largest absolute Gasteiger partial charge is 0.495 e. The lowest BCUT2D eigenvalue weighted by Gasteiger charge is -2.40. The molecule has 0 fully saturated rings. The molecule has 4 aromatic rings. The highest BCUT2D eigenvalue weighted by molar-refractivity contribution is 6.09. The molecule has 29 heavy (non-hydrogen) atoms. The molecule has 1 aliphatic rings. The van der Waals surface area contributed by atoms with Crippen LogP contribution in [-0.2, 0) is 0 Å². The first-order chi connectivity index (χ1) is 13.8. The lowest BCUT2D eigenvalue weighted by atomic mass is 9.87. The number of methoxy groups -OCH3 is 1. The minimum atomic E-state index is -1.27. The molecular formula is C23H20O6. The normalized spacial score (nSPS) is 20.6. The Morgan fingerprint density at radius 1 is 1.03 bits per heavy atom. The molecule has 6 nitrogen and oxygen atoms in total. The molecule has 6 heteroatoms. The molecule has 2 N–H and O–H groups in total. The van der Waals surface area contributed by atoms with Crippen molar-refractivity contribution in [3.8, 4) is 11.5 Å². The van der Waals surface area contributed by atoms with E-state index in [-0.39, 0.29) is 22.1 Å². The van der Waals surface area contributed by atoms with Gasteiger partial charge in [-0.3, -0.25) is 4.79 Å². The van der Waals surface area contributed by atoms with E-state index in [1.807, 2.05) is 30.3 Å². The van der Waals surface area contributed by atoms with Gasteiger partial charge in [0.1, 0.15) is 45.9 Å². The van der Waals surface area contributed by atoms with Crippen molar-refractivity contribution in [1.29, 1.82) is 0 Å². The Hall–Kier alpha value is -3.09. The van der Waals surface area contributed by atoms with Gasteiger partial charge in [-0.15, -0.1) is 0 Å². The van der Waals surface area contributed by atoms with Gasteiger partial charge >= 0.3 is 0 Å². The summed E-state index contributed by atoms with van der Waals surface area (Å²) < 4.78 is 17.5. The summed E-state index contributed by atoms with van der Waals surface area (Å²) in [5, 5.41) is 23.6. The number of ether oxygens (including phenoxy) is 2. The molecule has 0 bridgehead atoms. The predicted octanol–water partition coefficient (Wildman–Crippen LogP) is 3.67. The predicted molar refractivity (Wildman–Crippen MR) is 110 cm³/mol. The van der Waals surface area contributed by atoms with E-state index in [4.69, 9.17) is 13.9 Å². The molecule has 0 unspecified atom stereocenters. The van der Waals surface area contributed by atoms with Gasteiger partial charge in [0.25, 0.3) is 0 Å². The third-order valence-electron chi connectivity index (χ3n) is 5.69. The van der Waals surface area contributed by atoms with Crippen molar-refractivity contribution in [2.24, 2.45) is 0 Å². The van der Waals surface area contributed by atoms with Crippen LogP contribution in [0, 0.1) is 0 Å².